The smallest absolute Gasteiger partial charge is 0.259 e. The van der Waals surface area contributed by atoms with Crippen LogP contribution in [0.4, 0.5) is 5.69 Å². The molecular weight excluding hydrogens is 346 g/mol. The van der Waals surface area contributed by atoms with Gasteiger partial charge >= 0.3 is 0 Å². The number of allylic oxidation sites excluding steroid dienone is 1. The third kappa shape index (κ3) is 5.68. The molecule has 0 fully saturated rings. The molecule has 0 aromatic heterocycles. The molecule has 0 saturated carbocycles. The van der Waals surface area contributed by atoms with Gasteiger partial charge in [-0.25, -0.2) is 5.43 Å². The largest absolute Gasteiger partial charge is 0.376 e. The van der Waals surface area contributed by atoms with Gasteiger partial charge in [0.25, 0.3) is 5.91 Å². The Morgan fingerprint density at radius 2 is 1.54 bits per heavy atom. The maximum atomic E-state index is 12.2. The monoisotopic (exact) mass is 369 g/mol. The lowest BCUT2D eigenvalue weighted by molar-refractivity contribution is -0.119. The van der Waals surface area contributed by atoms with E-state index in [1.807, 2.05) is 104 Å². The van der Waals surface area contributed by atoms with Crippen molar-refractivity contribution in [1.29, 1.82) is 0 Å². The van der Waals surface area contributed by atoms with Crippen molar-refractivity contribution in [3.8, 4) is 0 Å². The van der Waals surface area contributed by atoms with Crippen molar-refractivity contribution in [2.45, 2.75) is 6.92 Å². The minimum atomic E-state index is -0.204. The van der Waals surface area contributed by atoms with Crippen molar-refractivity contribution >= 4 is 23.4 Å². The predicted molar refractivity (Wildman–Crippen MR) is 116 cm³/mol. The van der Waals surface area contributed by atoms with Crippen LogP contribution < -0.4 is 10.7 Å². The Morgan fingerprint density at radius 1 is 0.893 bits per heavy atom. The van der Waals surface area contributed by atoms with E-state index in [0.29, 0.717) is 5.71 Å². The van der Waals surface area contributed by atoms with Crippen molar-refractivity contribution in [2.24, 2.45) is 5.10 Å². The zero-order chi connectivity index (χ0) is 19.6. The minimum Gasteiger partial charge on any atom is -0.376 e. The van der Waals surface area contributed by atoms with Crippen molar-refractivity contribution in [2.75, 3.05) is 11.9 Å². The van der Waals surface area contributed by atoms with Crippen LogP contribution in [0, 0.1) is 6.92 Å². The van der Waals surface area contributed by atoms with Crippen LogP contribution in [0.3, 0.4) is 0 Å². The number of nitrogens with one attached hydrogen (secondary N) is 2. The van der Waals surface area contributed by atoms with Crippen LogP contribution in [-0.4, -0.2) is 18.2 Å². The molecule has 0 spiro atoms. The van der Waals surface area contributed by atoms with Crippen LogP contribution in [0.1, 0.15) is 16.7 Å². The highest BCUT2D eigenvalue weighted by atomic mass is 16.2. The molecule has 0 saturated heterocycles. The molecule has 0 radical (unpaired) electrons. The Kier molecular flexibility index (Phi) is 6.74. The topological polar surface area (TPSA) is 53.5 Å². The fraction of sp³-hybridized carbons (Fsp3) is 0.0833. The summed E-state index contributed by atoms with van der Waals surface area (Å²) < 4.78 is 0. The molecule has 4 nitrogen and oxygen atoms in total. The summed E-state index contributed by atoms with van der Waals surface area (Å²) in [5.41, 5.74) is 7.36. The van der Waals surface area contributed by atoms with Crippen molar-refractivity contribution in [3.05, 3.63) is 108 Å². The van der Waals surface area contributed by atoms with Crippen molar-refractivity contribution < 1.29 is 4.79 Å². The first-order valence-corrected chi connectivity index (χ1v) is 9.17. The van der Waals surface area contributed by atoms with Gasteiger partial charge in [0.05, 0.1) is 12.3 Å². The van der Waals surface area contributed by atoms with Crippen LogP contribution in [0.15, 0.2) is 96.1 Å². The summed E-state index contributed by atoms with van der Waals surface area (Å²) in [4.78, 5) is 12.2. The normalized spacial score (nSPS) is 11.4. The molecule has 0 aliphatic carbocycles. The van der Waals surface area contributed by atoms with Gasteiger partial charge in [-0.3, -0.25) is 4.79 Å². The summed E-state index contributed by atoms with van der Waals surface area (Å²) in [6.45, 7) is 2.15. The molecule has 28 heavy (non-hydrogen) atoms. The van der Waals surface area contributed by atoms with E-state index in [0.717, 1.165) is 22.4 Å². The number of carbonyl (C=O) groups is 1. The molecule has 1 amide bonds. The molecule has 3 aromatic carbocycles. The average Bonchev–Trinajstić information content (AvgIpc) is 2.74. The summed E-state index contributed by atoms with van der Waals surface area (Å²) >= 11 is 0. The SMILES string of the molecule is Cc1ccccc1NCC(=O)N/N=C(\C=C/c1ccccc1)c1ccccc1. The summed E-state index contributed by atoms with van der Waals surface area (Å²) in [5.74, 6) is -0.204. The van der Waals surface area contributed by atoms with Gasteiger partial charge in [0.1, 0.15) is 0 Å². The molecule has 0 bridgehead atoms. The van der Waals surface area contributed by atoms with Gasteiger partial charge in [0.15, 0.2) is 0 Å². The van der Waals surface area contributed by atoms with Crippen LogP contribution in [0.5, 0.6) is 0 Å². The standard InChI is InChI=1S/C24H23N3O/c1-19-10-8-9-15-22(19)25-18-24(28)27-26-23(21-13-6-3-7-14-21)17-16-20-11-4-2-5-12-20/h2-17,25H,18H2,1H3,(H,27,28)/b17-16-,26-23+. The Bertz CT molecular complexity index is 963. The molecular formula is C24H23N3O. The van der Waals surface area contributed by atoms with Gasteiger partial charge in [0, 0.05) is 11.3 Å². The second-order valence-corrected chi connectivity index (χ2v) is 6.31. The second-order valence-electron chi connectivity index (χ2n) is 6.31. The fourth-order valence-corrected chi connectivity index (χ4v) is 2.66. The molecule has 4 heteroatoms. The van der Waals surface area contributed by atoms with Crippen molar-refractivity contribution in [1.82, 2.24) is 5.43 Å². The maximum Gasteiger partial charge on any atom is 0.259 e. The number of nitrogens with zero attached hydrogens (tertiary/aromatic N) is 1. The van der Waals surface area contributed by atoms with E-state index >= 15 is 0 Å². The molecule has 0 aliphatic rings. The summed E-state index contributed by atoms with van der Waals surface area (Å²) in [6, 6.07) is 27.6. The summed E-state index contributed by atoms with van der Waals surface area (Å²) in [6.07, 6.45) is 3.88. The number of hydrogen-bond acceptors (Lipinski definition) is 3. The number of carbonyl (C=O) groups excluding carboxylic acids is 1. The quantitative estimate of drug-likeness (QED) is 0.471. The maximum absolute atomic E-state index is 12.2. The molecule has 0 unspecified atom stereocenters. The number of aryl methyl sites for hydroxylation is 1. The van der Waals surface area contributed by atoms with Gasteiger partial charge in [-0.05, 0) is 30.2 Å². The van der Waals surface area contributed by atoms with Gasteiger partial charge in [-0.1, -0.05) is 84.9 Å². The minimum absolute atomic E-state index is 0.152. The van der Waals surface area contributed by atoms with Crippen LogP contribution in [0.25, 0.3) is 6.08 Å². The molecule has 0 atom stereocenters. The van der Waals surface area contributed by atoms with Crippen LogP contribution in [-0.2, 0) is 4.79 Å². The lowest BCUT2D eigenvalue weighted by Crippen LogP contribution is -2.27. The van der Waals surface area contributed by atoms with Crippen molar-refractivity contribution in [3.63, 3.8) is 0 Å². The Balaban J connectivity index is 1.69. The first-order chi connectivity index (χ1) is 13.7. The Hall–Kier alpha value is -3.66. The number of hydrazone groups is 1. The lowest BCUT2D eigenvalue weighted by atomic mass is 10.1. The molecule has 0 aliphatic heterocycles. The van der Waals surface area contributed by atoms with E-state index in [1.165, 1.54) is 0 Å². The first-order valence-electron chi connectivity index (χ1n) is 9.17. The second kappa shape index (κ2) is 9.88. The number of rotatable bonds is 7. The van der Waals surface area contributed by atoms with E-state index in [1.54, 1.807) is 0 Å². The number of amides is 1. The first kappa shape index (κ1) is 19.1. The molecule has 2 N–H and O–H groups in total. The number of para-hydroxylation sites is 1. The highest BCUT2D eigenvalue weighted by Crippen LogP contribution is 2.12. The fourth-order valence-electron chi connectivity index (χ4n) is 2.66. The zero-order valence-electron chi connectivity index (χ0n) is 15.8. The van der Waals surface area contributed by atoms with E-state index in [9.17, 15) is 4.79 Å². The number of hydrogen-bond donors (Lipinski definition) is 2. The van der Waals surface area contributed by atoms with E-state index in [-0.39, 0.29) is 12.5 Å². The highest BCUT2D eigenvalue weighted by Gasteiger charge is 2.04. The molecule has 0 heterocycles. The molecule has 3 aromatic rings. The predicted octanol–water partition coefficient (Wildman–Crippen LogP) is 4.64. The lowest BCUT2D eigenvalue weighted by Gasteiger charge is -2.08. The van der Waals surface area contributed by atoms with Crippen LogP contribution >= 0.6 is 0 Å². The summed E-state index contributed by atoms with van der Waals surface area (Å²) in [5, 5.41) is 7.47. The molecule has 140 valence electrons. The molecule has 3 rings (SSSR count). The summed E-state index contributed by atoms with van der Waals surface area (Å²) in [7, 11) is 0. The Labute approximate surface area is 165 Å². The van der Waals surface area contributed by atoms with Crippen LogP contribution in [0.2, 0.25) is 0 Å². The van der Waals surface area contributed by atoms with E-state index in [4.69, 9.17) is 0 Å². The van der Waals surface area contributed by atoms with Gasteiger partial charge in [-0.2, -0.15) is 5.10 Å². The highest BCUT2D eigenvalue weighted by molar-refractivity contribution is 6.11. The van der Waals surface area contributed by atoms with Gasteiger partial charge < -0.3 is 5.32 Å². The number of anilines is 1. The van der Waals surface area contributed by atoms with Gasteiger partial charge in [0.2, 0.25) is 0 Å². The van der Waals surface area contributed by atoms with E-state index < -0.39 is 0 Å². The zero-order valence-corrected chi connectivity index (χ0v) is 15.8. The third-order valence-electron chi connectivity index (χ3n) is 4.19. The van der Waals surface area contributed by atoms with E-state index in [2.05, 4.69) is 15.8 Å². The average molecular weight is 369 g/mol. The Morgan fingerprint density at radius 3 is 2.25 bits per heavy atom. The number of benzene rings is 3. The van der Waals surface area contributed by atoms with Gasteiger partial charge in [-0.15, -0.1) is 0 Å². The third-order valence-corrected chi connectivity index (χ3v) is 4.19.